The number of imidazole rings is 1. The summed E-state index contributed by atoms with van der Waals surface area (Å²) in [6.45, 7) is 3.91. The van der Waals surface area contributed by atoms with Crippen molar-refractivity contribution < 1.29 is 19.0 Å². The molecule has 1 aromatic carbocycles. The van der Waals surface area contributed by atoms with Crippen LogP contribution in [0, 0.1) is 5.92 Å². The van der Waals surface area contributed by atoms with E-state index < -0.39 is 0 Å². The van der Waals surface area contributed by atoms with Crippen molar-refractivity contribution >= 4 is 28.9 Å². The molecule has 0 saturated carbocycles. The van der Waals surface area contributed by atoms with E-state index >= 15 is 0 Å². The number of carbonyl (C=O) groups is 1. The van der Waals surface area contributed by atoms with Crippen LogP contribution in [0.1, 0.15) is 19.8 Å². The minimum atomic E-state index is -0.0809. The Morgan fingerprint density at radius 1 is 1.16 bits per heavy atom. The zero-order chi connectivity index (χ0) is 22.0. The van der Waals surface area contributed by atoms with Crippen molar-refractivity contribution in [1.29, 1.82) is 0 Å². The predicted octanol–water partition coefficient (Wildman–Crippen LogP) is 4.45. The molecule has 0 atom stereocenters. The van der Waals surface area contributed by atoms with Crippen molar-refractivity contribution in [2.45, 2.75) is 19.8 Å². The van der Waals surface area contributed by atoms with Gasteiger partial charge in [0.1, 0.15) is 17.1 Å². The number of benzene rings is 1. The van der Waals surface area contributed by atoms with Gasteiger partial charge < -0.3 is 23.5 Å². The van der Waals surface area contributed by atoms with E-state index in [-0.39, 0.29) is 11.9 Å². The number of nitrogens with zero attached hydrogens (tertiary/aromatic N) is 3. The number of anilines is 1. The lowest BCUT2D eigenvalue weighted by Gasteiger charge is -2.32. The third-order valence-corrected chi connectivity index (χ3v) is 5.97. The Morgan fingerprint density at radius 2 is 1.90 bits per heavy atom. The minimum Gasteiger partial charge on any atom is -0.496 e. The Kier molecular flexibility index (Phi) is 6.23. The van der Waals surface area contributed by atoms with Crippen LogP contribution in [0.15, 0.2) is 36.7 Å². The summed E-state index contributed by atoms with van der Waals surface area (Å²) < 4.78 is 18.0. The molecule has 0 aliphatic carbocycles. The molecule has 1 saturated heterocycles. The Bertz CT molecular complexity index is 1090. The molecule has 3 aromatic rings. The van der Waals surface area contributed by atoms with Crippen molar-refractivity contribution in [2.75, 3.05) is 38.8 Å². The van der Waals surface area contributed by atoms with Gasteiger partial charge in [0.05, 0.1) is 37.5 Å². The van der Waals surface area contributed by atoms with Crippen LogP contribution in [0.5, 0.6) is 11.5 Å². The van der Waals surface area contributed by atoms with Gasteiger partial charge in [0, 0.05) is 48.9 Å². The largest absolute Gasteiger partial charge is 0.496 e. The molecule has 0 amide bonds. The summed E-state index contributed by atoms with van der Waals surface area (Å²) in [6, 6.07) is 7.70. The molecule has 0 unspecified atom stereocenters. The van der Waals surface area contributed by atoms with Crippen LogP contribution < -0.4 is 14.4 Å². The maximum atomic E-state index is 12.0. The standard InChI is InChI=1S/C23H26ClN3O4/c1-4-31-23(28)15-5-8-26(9-6-15)16-7-10-27-14-19(25-22(27)11-16)17-12-18(24)21(30-3)13-20(17)29-2/h7,10-15H,4-6,8-9H2,1-3H3. The number of carbonyl (C=O) groups excluding carboxylic acids is 1. The number of aromatic nitrogens is 2. The number of fused-ring (bicyclic) bond motifs is 1. The number of hydrogen-bond donors (Lipinski definition) is 0. The molecule has 0 spiro atoms. The van der Waals surface area contributed by atoms with Gasteiger partial charge in [-0.05, 0) is 31.9 Å². The van der Waals surface area contributed by atoms with Crippen LogP contribution in [0.2, 0.25) is 5.02 Å². The topological polar surface area (TPSA) is 65.3 Å². The molecule has 31 heavy (non-hydrogen) atoms. The molecular formula is C23H26ClN3O4. The van der Waals surface area contributed by atoms with Gasteiger partial charge in [-0.25, -0.2) is 4.98 Å². The van der Waals surface area contributed by atoms with Gasteiger partial charge in [-0.1, -0.05) is 11.6 Å². The van der Waals surface area contributed by atoms with Gasteiger partial charge in [0.15, 0.2) is 0 Å². The second kappa shape index (κ2) is 9.06. The fourth-order valence-corrected chi connectivity index (χ4v) is 4.23. The summed E-state index contributed by atoms with van der Waals surface area (Å²) in [5.74, 6) is 1.11. The van der Waals surface area contributed by atoms with Gasteiger partial charge in [-0.2, -0.15) is 0 Å². The highest BCUT2D eigenvalue weighted by atomic mass is 35.5. The average Bonchev–Trinajstić information content (AvgIpc) is 3.22. The van der Waals surface area contributed by atoms with Gasteiger partial charge in [0.25, 0.3) is 0 Å². The van der Waals surface area contributed by atoms with E-state index in [1.165, 1.54) is 0 Å². The molecule has 0 bridgehead atoms. The first-order chi connectivity index (χ1) is 15.0. The Labute approximate surface area is 186 Å². The van der Waals surface area contributed by atoms with Crippen molar-refractivity contribution in [3.63, 3.8) is 0 Å². The van der Waals surface area contributed by atoms with Crippen molar-refractivity contribution in [3.8, 4) is 22.8 Å². The summed E-state index contributed by atoms with van der Waals surface area (Å²) in [5, 5.41) is 0.500. The van der Waals surface area contributed by atoms with Gasteiger partial charge in [0.2, 0.25) is 0 Å². The Hall–Kier alpha value is -2.93. The molecule has 1 aliphatic heterocycles. The van der Waals surface area contributed by atoms with E-state index in [0.717, 1.165) is 48.5 Å². The minimum absolute atomic E-state index is 0.00903. The summed E-state index contributed by atoms with van der Waals surface area (Å²) in [4.78, 5) is 19.1. The molecule has 7 nitrogen and oxygen atoms in total. The third kappa shape index (κ3) is 4.28. The number of hydrogen-bond acceptors (Lipinski definition) is 6. The zero-order valence-electron chi connectivity index (χ0n) is 17.9. The number of ether oxygens (including phenoxy) is 3. The Balaban J connectivity index is 1.57. The number of esters is 1. The molecule has 2 aromatic heterocycles. The van der Waals surface area contributed by atoms with Crippen LogP contribution in [0.3, 0.4) is 0 Å². The lowest BCUT2D eigenvalue weighted by atomic mass is 9.97. The highest BCUT2D eigenvalue weighted by Crippen LogP contribution is 2.38. The van der Waals surface area contributed by atoms with Crippen LogP contribution in [-0.2, 0) is 9.53 Å². The predicted molar refractivity (Wildman–Crippen MR) is 120 cm³/mol. The zero-order valence-corrected chi connectivity index (χ0v) is 18.7. The maximum absolute atomic E-state index is 12.0. The van der Waals surface area contributed by atoms with E-state index in [2.05, 4.69) is 17.0 Å². The molecule has 164 valence electrons. The number of methoxy groups -OCH3 is 2. The van der Waals surface area contributed by atoms with E-state index in [9.17, 15) is 4.79 Å². The van der Waals surface area contributed by atoms with E-state index in [1.54, 1.807) is 20.3 Å². The summed E-state index contributed by atoms with van der Waals surface area (Å²) in [5.41, 5.74) is 3.48. The molecule has 0 N–H and O–H groups in total. The molecule has 3 heterocycles. The van der Waals surface area contributed by atoms with E-state index in [1.807, 2.05) is 29.8 Å². The summed E-state index contributed by atoms with van der Waals surface area (Å²) in [6.07, 6.45) is 5.54. The van der Waals surface area contributed by atoms with Gasteiger partial charge >= 0.3 is 5.97 Å². The third-order valence-electron chi connectivity index (χ3n) is 5.67. The highest BCUT2D eigenvalue weighted by Gasteiger charge is 2.26. The maximum Gasteiger partial charge on any atom is 0.309 e. The fourth-order valence-electron chi connectivity index (χ4n) is 3.99. The molecule has 8 heteroatoms. The van der Waals surface area contributed by atoms with Gasteiger partial charge in [-0.15, -0.1) is 0 Å². The average molecular weight is 444 g/mol. The van der Waals surface area contributed by atoms with Crippen LogP contribution >= 0.6 is 11.6 Å². The SMILES string of the molecule is CCOC(=O)C1CCN(c2ccn3cc(-c4cc(Cl)c(OC)cc4OC)nc3c2)CC1. The molecule has 4 rings (SSSR count). The first-order valence-electron chi connectivity index (χ1n) is 10.4. The number of rotatable bonds is 6. The van der Waals surface area contributed by atoms with Crippen LogP contribution in [0.4, 0.5) is 5.69 Å². The first kappa shape index (κ1) is 21.3. The monoisotopic (exact) mass is 443 g/mol. The fraction of sp³-hybridized carbons (Fsp3) is 0.391. The smallest absolute Gasteiger partial charge is 0.309 e. The van der Waals surface area contributed by atoms with Crippen LogP contribution in [0.25, 0.3) is 16.9 Å². The van der Waals surface area contributed by atoms with Crippen LogP contribution in [-0.4, -0.2) is 49.3 Å². The first-order valence-corrected chi connectivity index (χ1v) is 10.7. The summed E-state index contributed by atoms with van der Waals surface area (Å²) in [7, 11) is 3.18. The van der Waals surface area contributed by atoms with Crippen molar-refractivity contribution in [3.05, 3.63) is 41.7 Å². The number of pyridine rings is 1. The van der Waals surface area contributed by atoms with Gasteiger partial charge in [-0.3, -0.25) is 4.79 Å². The highest BCUT2D eigenvalue weighted by molar-refractivity contribution is 6.32. The Morgan fingerprint density at radius 3 is 2.58 bits per heavy atom. The van der Waals surface area contributed by atoms with E-state index in [0.29, 0.717) is 23.1 Å². The van der Waals surface area contributed by atoms with E-state index in [4.69, 9.17) is 30.8 Å². The van der Waals surface area contributed by atoms with Crippen molar-refractivity contribution in [2.24, 2.45) is 5.92 Å². The number of halogens is 1. The second-order valence-electron chi connectivity index (χ2n) is 7.48. The molecule has 1 fully saturated rings. The quantitative estimate of drug-likeness (QED) is 0.524. The molecule has 1 aliphatic rings. The lowest BCUT2D eigenvalue weighted by Crippen LogP contribution is -2.37. The summed E-state index contributed by atoms with van der Waals surface area (Å²) >= 11 is 6.33. The lowest BCUT2D eigenvalue weighted by molar-refractivity contribution is -0.148. The molecule has 0 radical (unpaired) electrons. The second-order valence-corrected chi connectivity index (χ2v) is 7.88. The molecular weight excluding hydrogens is 418 g/mol. The van der Waals surface area contributed by atoms with Crippen molar-refractivity contribution in [1.82, 2.24) is 9.38 Å². The number of piperidine rings is 1. The normalized spacial score (nSPS) is 14.6.